The van der Waals surface area contributed by atoms with Gasteiger partial charge in [-0.2, -0.15) is 15.0 Å². The Morgan fingerprint density at radius 1 is 0.957 bits per heavy atom. The van der Waals surface area contributed by atoms with Gasteiger partial charge in [-0.3, -0.25) is 0 Å². The summed E-state index contributed by atoms with van der Waals surface area (Å²) in [5, 5.41) is 3.93. The van der Waals surface area contributed by atoms with Gasteiger partial charge in [0.15, 0.2) is 0 Å². The van der Waals surface area contributed by atoms with Crippen molar-refractivity contribution in [3.05, 3.63) is 24.3 Å². The van der Waals surface area contributed by atoms with Crippen LogP contribution in [0.5, 0.6) is 11.6 Å². The molecule has 0 fully saturated rings. The number of hydrogen-bond acceptors (Lipinski definition) is 9. The lowest BCUT2D eigenvalue weighted by Crippen LogP contribution is -2.04. The molecule has 118 valence electrons. The molecule has 3 rings (SSSR count). The summed E-state index contributed by atoms with van der Waals surface area (Å²) in [6.07, 6.45) is 0. The third-order valence-corrected chi connectivity index (χ3v) is 3.10. The summed E-state index contributed by atoms with van der Waals surface area (Å²) in [6.45, 7) is 0. The predicted octanol–water partition coefficient (Wildman–Crippen LogP) is 1.38. The molecule has 3 aromatic rings. The van der Waals surface area contributed by atoms with E-state index in [1.54, 1.807) is 19.2 Å². The van der Waals surface area contributed by atoms with Crippen LogP contribution in [0.4, 0.5) is 11.8 Å². The van der Waals surface area contributed by atoms with Crippen molar-refractivity contribution in [2.75, 3.05) is 25.7 Å². The molecule has 0 saturated carbocycles. The average Bonchev–Trinajstić information content (AvgIpc) is 3.03. The lowest BCUT2D eigenvalue weighted by Gasteiger charge is -2.06. The molecule has 0 aliphatic carbocycles. The van der Waals surface area contributed by atoms with Gasteiger partial charge >= 0.3 is 0 Å². The molecule has 0 bridgehead atoms. The van der Waals surface area contributed by atoms with Crippen LogP contribution in [0, 0.1) is 0 Å². The van der Waals surface area contributed by atoms with Gasteiger partial charge in [0, 0.05) is 5.56 Å². The van der Waals surface area contributed by atoms with Crippen LogP contribution in [0.25, 0.3) is 22.8 Å². The minimum absolute atomic E-state index is 0.00186. The number of nitrogens with two attached hydrogens (primary N) is 2. The Balaban J connectivity index is 2.02. The van der Waals surface area contributed by atoms with Crippen molar-refractivity contribution < 1.29 is 14.0 Å². The number of nitrogen functional groups attached to an aromatic ring is 2. The average molecular weight is 314 g/mol. The monoisotopic (exact) mass is 314 g/mol. The van der Waals surface area contributed by atoms with Gasteiger partial charge in [-0.15, -0.1) is 0 Å². The standard InChI is InChI=1S/C14H14N6O3/c1-21-8-5-3-7(4-6-8)11-18-13(23-20-11)9-10(15)17-14(16)19-12(9)22-2/h3-6H,1-2H3,(H4,15,16,17,19). The van der Waals surface area contributed by atoms with Gasteiger partial charge in [-0.1, -0.05) is 5.16 Å². The van der Waals surface area contributed by atoms with Crippen molar-refractivity contribution in [2.24, 2.45) is 0 Å². The molecule has 2 aromatic heterocycles. The Hall–Kier alpha value is -3.36. The number of methoxy groups -OCH3 is 2. The highest BCUT2D eigenvalue weighted by atomic mass is 16.5. The Morgan fingerprint density at radius 2 is 1.70 bits per heavy atom. The Labute approximate surface area is 131 Å². The molecule has 9 nitrogen and oxygen atoms in total. The highest BCUT2D eigenvalue weighted by molar-refractivity contribution is 5.74. The molecule has 23 heavy (non-hydrogen) atoms. The van der Waals surface area contributed by atoms with E-state index >= 15 is 0 Å². The quantitative estimate of drug-likeness (QED) is 0.731. The molecule has 0 atom stereocenters. The SMILES string of the molecule is COc1ccc(-c2noc(-c3c(N)nc(N)nc3OC)n2)cc1. The van der Waals surface area contributed by atoms with Crippen LogP contribution in [0.15, 0.2) is 28.8 Å². The zero-order valence-corrected chi connectivity index (χ0v) is 12.5. The van der Waals surface area contributed by atoms with Gasteiger partial charge in [0.1, 0.15) is 17.1 Å². The van der Waals surface area contributed by atoms with Gasteiger partial charge < -0.3 is 25.5 Å². The highest BCUT2D eigenvalue weighted by Crippen LogP contribution is 2.33. The largest absolute Gasteiger partial charge is 0.497 e. The number of rotatable bonds is 4. The lowest BCUT2D eigenvalue weighted by molar-refractivity contribution is 0.392. The summed E-state index contributed by atoms with van der Waals surface area (Å²) in [6, 6.07) is 7.22. The molecule has 0 aliphatic heterocycles. The number of ether oxygens (including phenoxy) is 2. The zero-order valence-electron chi connectivity index (χ0n) is 12.5. The molecule has 4 N–H and O–H groups in total. The zero-order chi connectivity index (χ0) is 16.4. The van der Waals surface area contributed by atoms with E-state index in [-0.39, 0.29) is 23.5 Å². The van der Waals surface area contributed by atoms with E-state index in [2.05, 4.69) is 20.1 Å². The Kier molecular flexibility index (Phi) is 3.67. The second-order valence-electron chi connectivity index (χ2n) is 4.50. The van der Waals surface area contributed by atoms with Gasteiger partial charge in [0.05, 0.1) is 14.2 Å². The fourth-order valence-electron chi connectivity index (χ4n) is 2.00. The van der Waals surface area contributed by atoms with E-state index in [0.29, 0.717) is 11.4 Å². The van der Waals surface area contributed by atoms with E-state index in [9.17, 15) is 0 Å². The van der Waals surface area contributed by atoms with Crippen molar-refractivity contribution in [3.8, 4) is 34.5 Å². The molecule has 0 saturated heterocycles. The first-order chi connectivity index (χ1) is 11.1. The normalized spacial score (nSPS) is 10.5. The first kappa shape index (κ1) is 14.6. The first-order valence-electron chi connectivity index (χ1n) is 6.58. The fraction of sp³-hybridized carbons (Fsp3) is 0.143. The van der Waals surface area contributed by atoms with Crippen LogP contribution in [-0.4, -0.2) is 34.3 Å². The van der Waals surface area contributed by atoms with E-state index in [1.165, 1.54) is 7.11 Å². The van der Waals surface area contributed by atoms with Gasteiger partial charge in [-0.05, 0) is 24.3 Å². The van der Waals surface area contributed by atoms with Crippen LogP contribution < -0.4 is 20.9 Å². The molecular weight excluding hydrogens is 300 g/mol. The summed E-state index contributed by atoms with van der Waals surface area (Å²) in [4.78, 5) is 12.1. The van der Waals surface area contributed by atoms with Crippen LogP contribution in [-0.2, 0) is 0 Å². The van der Waals surface area contributed by atoms with Crippen LogP contribution in [0.1, 0.15) is 0 Å². The number of aromatic nitrogens is 4. The Bertz CT molecular complexity index is 831. The highest BCUT2D eigenvalue weighted by Gasteiger charge is 2.21. The molecular formula is C14H14N6O3. The predicted molar refractivity (Wildman–Crippen MR) is 82.7 cm³/mol. The lowest BCUT2D eigenvalue weighted by atomic mass is 10.2. The first-order valence-corrected chi connectivity index (χ1v) is 6.58. The number of nitrogens with zero attached hydrogens (tertiary/aromatic N) is 4. The molecule has 0 unspecified atom stereocenters. The number of hydrogen-bond donors (Lipinski definition) is 2. The van der Waals surface area contributed by atoms with Crippen LogP contribution in [0.2, 0.25) is 0 Å². The molecule has 0 spiro atoms. The second kappa shape index (κ2) is 5.79. The molecule has 9 heteroatoms. The number of anilines is 2. The molecule has 2 heterocycles. The van der Waals surface area contributed by atoms with E-state index in [4.69, 9.17) is 25.5 Å². The van der Waals surface area contributed by atoms with Crippen molar-refractivity contribution in [2.45, 2.75) is 0 Å². The Morgan fingerprint density at radius 3 is 2.35 bits per heavy atom. The van der Waals surface area contributed by atoms with Gasteiger partial charge in [0.2, 0.25) is 17.7 Å². The topological polar surface area (TPSA) is 135 Å². The maximum Gasteiger partial charge on any atom is 0.267 e. The third-order valence-electron chi connectivity index (χ3n) is 3.10. The van der Waals surface area contributed by atoms with E-state index < -0.39 is 0 Å². The summed E-state index contributed by atoms with van der Waals surface area (Å²) < 4.78 is 15.5. The molecule has 0 amide bonds. The smallest absolute Gasteiger partial charge is 0.267 e. The van der Waals surface area contributed by atoms with Crippen molar-refractivity contribution in [1.29, 1.82) is 0 Å². The minimum atomic E-state index is -0.00186. The summed E-state index contributed by atoms with van der Waals surface area (Å²) >= 11 is 0. The molecule has 0 aliphatic rings. The maximum absolute atomic E-state index is 5.86. The van der Waals surface area contributed by atoms with Gasteiger partial charge in [0.25, 0.3) is 5.89 Å². The van der Waals surface area contributed by atoms with E-state index in [0.717, 1.165) is 11.3 Å². The number of benzene rings is 1. The molecule has 0 radical (unpaired) electrons. The fourth-order valence-corrected chi connectivity index (χ4v) is 2.00. The van der Waals surface area contributed by atoms with Crippen molar-refractivity contribution >= 4 is 11.8 Å². The minimum Gasteiger partial charge on any atom is -0.497 e. The summed E-state index contributed by atoms with van der Waals surface area (Å²) in [7, 11) is 3.03. The summed E-state index contributed by atoms with van der Waals surface area (Å²) in [5.41, 5.74) is 12.5. The van der Waals surface area contributed by atoms with Crippen molar-refractivity contribution in [1.82, 2.24) is 20.1 Å². The van der Waals surface area contributed by atoms with Crippen molar-refractivity contribution in [3.63, 3.8) is 0 Å². The third kappa shape index (κ3) is 2.71. The van der Waals surface area contributed by atoms with Gasteiger partial charge in [-0.25, -0.2) is 0 Å². The molecule has 1 aromatic carbocycles. The maximum atomic E-state index is 5.86. The van der Waals surface area contributed by atoms with Crippen LogP contribution >= 0.6 is 0 Å². The van der Waals surface area contributed by atoms with E-state index in [1.807, 2.05) is 12.1 Å². The second-order valence-corrected chi connectivity index (χ2v) is 4.50. The van der Waals surface area contributed by atoms with Crippen LogP contribution in [0.3, 0.4) is 0 Å². The summed E-state index contributed by atoms with van der Waals surface area (Å²) in [5.74, 6) is 1.53.